The average molecular weight is 269 g/mol. The highest BCUT2D eigenvalue weighted by molar-refractivity contribution is 5.87. The maximum Gasteiger partial charge on any atom is 0.318 e. The first-order valence-corrected chi connectivity index (χ1v) is 7.09. The largest absolute Gasteiger partial charge is 0.377 e. The Bertz CT molecular complexity index is 329. The van der Waals surface area contributed by atoms with Gasteiger partial charge in [-0.2, -0.15) is 0 Å². The molecule has 0 aromatic rings. The second kappa shape index (κ2) is 6.75. The van der Waals surface area contributed by atoms with Crippen molar-refractivity contribution in [3.8, 4) is 0 Å². The number of amides is 3. The van der Waals surface area contributed by atoms with Crippen LogP contribution in [0.3, 0.4) is 0 Å². The molecule has 2 rings (SSSR count). The zero-order valence-electron chi connectivity index (χ0n) is 11.5. The van der Waals surface area contributed by atoms with Crippen molar-refractivity contribution in [2.45, 2.75) is 44.2 Å². The maximum atomic E-state index is 12.3. The topological polar surface area (TPSA) is 70.7 Å². The molecule has 1 aliphatic heterocycles. The third-order valence-corrected chi connectivity index (χ3v) is 3.87. The van der Waals surface area contributed by atoms with E-state index in [2.05, 4.69) is 10.6 Å². The van der Waals surface area contributed by atoms with Crippen LogP contribution in [0.2, 0.25) is 0 Å². The Morgan fingerprint density at radius 1 is 1.21 bits per heavy atom. The minimum atomic E-state index is -0.512. The number of carbonyl (C=O) groups is 2. The molecule has 1 aliphatic carbocycles. The number of ether oxygens (including phenoxy) is 1. The lowest BCUT2D eigenvalue weighted by Crippen LogP contribution is -2.59. The molecule has 6 heteroatoms. The Kier molecular flexibility index (Phi) is 5.01. The summed E-state index contributed by atoms with van der Waals surface area (Å²) in [6.45, 7) is 1.24. The number of nitrogens with one attached hydrogen (secondary N) is 2. The number of rotatable bonds is 2. The van der Waals surface area contributed by atoms with Crippen molar-refractivity contribution in [2.75, 3.05) is 26.8 Å². The van der Waals surface area contributed by atoms with Crippen molar-refractivity contribution in [3.63, 3.8) is 0 Å². The van der Waals surface area contributed by atoms with Crippen LogP contribution in [-0.4, -0.2) is 55.7 Å². The molecule has 2 N–H and O–H groups in total. The number of morpholine rings is 1. The molecule has 1 atom stereocenters. The minimum absolute atomic E-state index is 0.135. The average Bonchev–Trinajstić information content (AvgIpc) is 2.47. The zero-order valence-corrected chi connectivity index (χ0v) is 11.5. The summed E-state index contributed by atoms with van der Waals surface area (Å²) in [4.78, 5) is 25.6. The van der Waals surface area contributed by atoms with Crippen molar-refractivity contribution >= 4 is 11.9 Å². The highest BCUT2D eigenvalue weighted by Gasteiger charge is 2.33. The van der Waals surface area contributed by atoms with E-state index in [9.17, 15) is 9.59 Å². The van der Waals surface area contributed by atoms with Crippen LogP contribution in [0.4, 0.5) is 4.79 Å². The first-order valence-electron chi connectivity index (χ1n) is 7.09. The number of carbonyl (C=O) groups excluding carboxylic acids is 2. The normalized spacial score (nSPS) is 24.9. The van der Waals surface area contributed by atoms with Gasteiger partial charge in [-0.15, -0.1) is 0 Å². The van der Waals surface area contributed by atoms with Gasteiger partial charge in [-0.1, -0.05) is 19.3 Å². The third-order valence-electron chi connectivity index (χ3n) is 3.87. The molecule has 1 saturated heterocycles. The smallest absolute Gasteiger partial charge is 0.318 e. The summed E-state index contributed by atoms with van der Waals surface area (Å²) < 4.78 is 5.29. The van der Waals surface area contributed by atoms with E-state index < -0.39 is 6.04 Å². The van der Waals surface area contributed by atoms with Gasteiger partial charge in [0, 0.05) is 19.6 Å². The monoisotopic (exact) mass is 269 g/mol. The Morgan fingerprint density at radius 3 is 2.63 bits per heavy atom. The van der Waals surface area contributed by atoms with Gasteiger partial charge in [0.05, 0.1) is 13.2 Å². The first-order chi connectivity index (χ1) is 9.22. The van der Waals surface area contributed by atoms with Gasteiger partial charge in [0.2, 0.25) is 5.91 Å². The Morgan fingerprint density at radius 2 is 1.95 bits per heavy atom. The molecule has 3 amide bonds. The lowest BCUT2D eigenvalue weighted by atomic mass is 9.96. The molecular weight excluding hydrogens is 246 g/mol. The van der Waals surface area contributed by atoms with Gasteiger partial charge >= 0.3 is 6.03 Å². The number of hydrogen-bond acceptors (Lipinski definition) is 3. The number of nitrogens with zero attached hydrogens (tertiary/aromatic N) is 1. The van der Waals surface area contributed by atoms with Crippen molar-refractivity contribution < 1.29 is 14.3 Å². The van der Waals surface area contributed by atoms with E-state index in [0.29, 0.717) is 13.2 Å². The number of hydrogen-bond donors (Lipinski definition) is 2. The molecule has 0 radical (unpaired) electrons. The lowest BCUT2D eigenvalue weighted by molar-refractivity contribution is -0.129. The molecule has 108 valence electrons. The number of urea groups is 1. The SMILES string of the molecule is CNC(=O)C1COCCN1C(=O)NC1CCCCC1. The van der Waals surface area contributed by atoms with E-state index in [1.807, 2.05) is 0 Å². The first kappa shape index (κ1) is 14.1. The van der Waals surface area contributed by atoms with Gasteiger partial charge in [0.15, 0.2) is 0 Å². The summed E-state index contributed by atoms with van der Waals surface area (Å²) >= 11 is 0. The van der Waals surface area contributed by atoms with Crippen molar-refractivity contribution in [1.29, 1.82) is 0 Å². The molecule has 2 fully saturated rings. The molecule has 6 nitrogen and oxygen atoms in total. The van der Waals surface area contributed by atoms with Crippen LogP contribution in [0, 0.1) is 0 Å². The summed E-state index contributed by atoms with van der Waals surface area (Å²) in [7, 11) is 1.58. The van der Waals surface area contributed by atoms with Crippen LogP contribution in [0.25, 0.3) is 0 Å². The lowest BCUT2D eigenvalue weighted by Gasteiger charge is -2.35. The summed E-state index contributed by atoms with van der Waals surface area (Å²) in [6.07, 6.45) is 5.69. The molecule has 0 bridgehead atoms. The summed E-state index contributed by atoms with van der Waals surface area (Å²) in [5.74, 6) is -0.168. The van der Waals surface area contributed by atoms with Crippen molar-refractivity contribution in [1.82, 2.24) is 15.5 Å². The van der Waals surface area contributed by atoms with E-state index >= 15 is 0 Å². The van der Waals surface area contributed by atoms with Gasteiger partial charge in [-0.25, -0.2) is 4.79 Å². The fourth-order valence-corrected chi connectivity index (χ4v) is 2.74. The van der Waals surface area contributed by atoms with Crippen LogP contribution in [0.5, 0.6) is 0 Å². The fourth-order valence-electron chi connectivity index (χ4n) is 2.74. The number of likely N-dealkylation sites (N-methyl/N-ethyl adjacent to an activating group) is 1. The summed E-state index contributed by atoms with van der Waals surface area (Å²) in [5.41, 5.74) is 0. The van der Waals surface area contributed by atoms with Crippen LogP contribution in [-0.2, 0) is 9.53 Å². The second-order valence-corrected chi connectivity index (χ2v) is 5.18. The second-order valence-electron chi connectivity index (χ2n) is 5.18. The fraction of sp³-hybridized carbons (Fsp3) is 0.846. The van der Waals surface area contributed by atoms with Gasteiger partial charge < -0.3 is 20.3 Å². The van der Waals surface area contributed by atoms with E-state index in [1.54, 1.807) is 11.9 Å². The van der Waals surface area contributed by atoms with Crippen molar-refractivity contribution in [3.05, 3.63) is 0 Å². The molecule has 1 unspecified atom stereocenters. The minimum Gasteiger partial charge on any atom is -0.377 e. The quantitative estimate of drug-likeness (QED) is 0.766. The summed E-state index contributed by atoms with van der Waals surface area (Å²) in [6, 6.07) is -0.388. The summed E-state index contributed by atoms with van der Waals surface area (Å²) in [5, 5.41) is 5.63. The molecule has 1 heterocycles. The standard InChI is InChI=1S/C13H23N3O3/c1-14-12(17)11-9-19-8-7-16(11)13(18)15-10-5-3-2-4-6-10/h10-11H,2-9H2,1H3,(H,14,17)(H,15,18). The Labute approximate surface area is 113 Å². The molecule has 0 aromatic heterocycles. The van der Waals surface area contributed by atoms with E-state index in [-0.39, 0.29) is 24.6 Å². The highest BCUT2D eigenvalue weighted by Crippen LogP contribution is 2.18. The van der Waals surface area contributed by atoms with E-state index in [1.165, 1.54) is 19.3 Å². The van der Waals surface area contributed by atoms with Gasteiger partial charge in [0.25, 0.3) is 0 Å². The third kappa shape index (κ3) is 3.59. The van der Waals surface area contributed by atoms with Crippen LogP contribution in [0.15, 0.2) is 0 Å². The predicted octanol–water partition coefficient (Wildman–Crippen LogP) is 0.475. The highest BCUT2D eigenvalue weighted by atomic mass is 16.5. The molecule has 0 spiro atoms. The molecular formula is C13H23N3O3. The molecule has 2 aliphatic rings. The van der Waals surface area contributed by atoms with Crippen molar-refractivity contribution in [2.24, 2.45) is 0 Å². The Balaban J connectivity index is 1.92. The van der Waals surface area contributed by atoms with Crippen LogP contribution < -0.4 is 10.6 Å². The molecule has 19 heavy (non-hydrogen) atoms. The zero-order chi connectivity index (χ0) is 13.7. The molecule has 0 aromatic carbocycles. The van der Waals surface area contributed by atoms with E-state index in [0.717, 1.165) is 12.8 Å². The van der Waals surface area contributed by atoms with Gasteiger partial charge in [-0.05, 0) is 12.8 Å². The molecule has 1 saturated carbocycles. The van der Waals surface area contributed by atoms with Crippen LogP contribution in [0.1, 0.15) is 32.1 Å². The van der Waals surface area contributed by atoms with E-state index in [4.69, 9.17) is 4.74 Å². The predicted molar refractivity (Wildman–Crippen MR) is 70.8 cm³/mol. The van der Waals surface area contributed by atoms with Crippen LogP contribution >= 0.6 is 0 Å². The van der Waals surface area contributed by atoms with Gasteiger partial charge in [-0.3, -0.25) is 4.79 Å². The maximum absolute atomic E-state index is 12.3. The van der Waals surface area contributed by atoms with Gasteiger partial charge in [0.1, 0.15) is 6.04 Å². The Hall–Kier alpha value is -1.30.